The number of rotatable bonds is 5. The van der Waals surface area contributed by atoms with Crippen molar-refractivity contribution < 1.29 is 4.79 Å². The lowest BCUT2D eigenvalue weighted by atomic mass is 9.96. The molecular formula is C20H24N2O. The van der Waals surface area contributed by atoms with Crippen molar-refractivity contribution in [3.05, 3.63) is 58.9 Å². The summed E-state index contributed by atoms with van der Waals surface area (Å²) in [6, 6.07) is 13.2. The van der Waals surface area contributed by atoms with Crippen LogP contribution in [0.25, 0.3) is 0 Å². The van der Waals surface area contributed by atoms with E-state index in [1.54, 1.807) is 0 Å². The summed E-state index contributed by atoms with van der Waals surface area (Å²) < 4.78 is 2.33. The van der Waals surface area contributed by atoms with Crippen molar-refractivity contribution in [2.75, 3.05) is 6.54 Å². The van der Waals surface area contributed by atoms with Gasteiger partial charge in [0.15, 0.2) is 0 Å². The summed E-state index contributed by atoms with van der Waals surface area (Å²) >= 11 is 0. The largest absolute Gasteiger partial charge is 0.351 e. The third-order valence-corrected chi connectivity index (χ3v) is 5.47. The molecule has 1 amide bonds. The van der Waals surface area contributed by atoms with E-state index < -0.39 is 0 Å². The molecule has 0 unspecified atom stereocenters. The standard InChI is InChI=1S/C20H24N2O/c1-14-12-18(15(2)22(14)17-8-9-17)19(23)21-13-20(10-11-20)16-6-4-3-5-7-16/h3-7,12,17H,8-11,13H2,1-2H3,(H,21,23). The lowest BCUT2D eigenvalue weighted by Gasteiger charge is -2.16. The number of aryl methyl sites for hydroxylation is 1. The van der Waals surface area contributed by atoms with Crippen molar-refractivity contribution in [3.63, 3.8) is 0 Å². The number of hydrogen-bond donors (Lipinski definition) is 1. The van der Waals surface area contributed by atoms with Crippen LogP contribution in [0.15, 0.2) is 36.4 Å². The molecule has 2 aliphatic carbocycles. The maximum Gasteiger partial charge on any atom is 0.253 e. The molecule has 2 aliphatic rings. The lowest BCUT2D eigenvalue weighted by Crippen LogP contribution is -2.32. The predicted molar refractivity (Wildman–Crippen MR) is 91.9 cm³/mol. The fourth-order valence-corrected chi connectivity index (χ4v) is 3.76. The summed E-state index contributed by atoms with van der Waals surface area (Å²) in [5.41, 5.74) is 4.69. The van der Waals surface area contributed by atoms with Crippen molar-refractivity contribution in [3.8, 4) is 0 Å². The molecule has 0 radical (unpaired) electrons. The summed E-state index contributed by atoms with van der Waals surface area (Å²) in [4.78, 5) is 12.7. The van der Waals surface area contributed by atoms with Gasteiger partial charge in [0, 0.05) is 29.4 Å². The molecule has 3 heteroatoms. The fraction of sp³-hybridized carbons (Fsp3) is 0.450. The van der Waals surface area contributed by atoms with Crippen molar-refractivity contribution in [2.45, 2.75) is 51.0 Å². The number of carbonyl (C=O) groups is 1. The molecule has 120 valence electrons. The summed E-state index contributed by atoms with van der Waals surface area (Å²) in [5.74, 6) is 0.0761. The monoisotopic (exact) mass is 308 g/mol. The van der Waals surface area contributed by atoms with Gasteiger partial charge in [-0.3, -0.25) is 4.79 Å². The van der Waals surface area contributed by atoms with Crippen molar-refractivity contribution in [1.29, 1.82) is 0 Å². The minimum absolute atomic E-state index is 0.0761. The molecule has 0 saturated heterocycles. The molecule has 1 heterocycles. The molecule has 2 aromatic rings. The molecular weight excluding hydrogens is 284 g/mol. The van der Waals surface area contributed by atoms with Crippen LogP contribution in [0, 0.1) is 13.8 Å². The highest BCUT2D eigenvalue weighted by atomic mass is 16.1. The number of nitrogens with zero attached hydrogens (tertiary/aromatic N) is 1. The second kappa shape index (κ2) is 5.26. The highest BCUT2D eigenvalue weighted by molar-refractivity contribution is 5.95. The molecule has 4 rings (SSSR count). The maximum atomic E-state index is 12.7. The van der Waals surface area contributed by atoms with E-state index >= 15 is 0 Å². The molecule has 0 bridgehead atoms. The Hall–Kier alpha value is -2.03. The maximum absolute atomic E-state index is 12.7. The summed E-state index contributed by atoms with van der Waals surface area (Å²) in [6.07, 6.45) is 4.82. The van der Waals surface area contributed by atoms with Gasteiger partial charge in [0.25, 0.3) is 5.91 Å². The molecule has 0 aliphatic heterocycles. The van der Waals surface area contributed by atoms with Crippen molar-refractivity contribution in [2.24, 2.45) is 0 Å². The van der Waals surface area contributed by atoms with Crippen LogP contribution in [-0.2, 0) is 5.41 Å². The van der Waals surface area contributed by atoms with Crippen LogP contribution in [0.3, 0.4) is 0 Å². The Morgan fingerprint density at radius 1 is 1.22 bits per heavy atom. The van der Waals surface area contributed by atoms with Crippen LogP contribution in [0.5, 0.6) is 0 Å². The highest BCUT2D eigenvalue weighted by Gasteiger charge is 2.44. The zero-order chi connectivity index (χ0) is 16.0. The molecule has 1 aromatic carbocycles. The number of nitrogens with one attached hydrogen (secondary N) is 1. The topological polar surface area (TPSA) is 34.0 Å². The van der Waals surface area contributed by atoms with Crippen LogP contribution in [0.1, 0.15) is 59.0 Å². The average Bonchev–Trinajstić information content (AvgIpc) is 3.47. The van der Waals surface area contributed by atoms with E-state index in [1.807, 2.05) is 12.1 Å². The van der Waals surface area contributed by atoms with E-state index in [9.17, 15) is 4.79 Å². The third-order valence-electron chi connectivity index (χ3n) is 5.47. The van der Waals surface area contributed by atoms with Gasteiger partial charge in [0.2, 0.25) is 0 Å². The molecule has 1 N–H and O–H groups in total. The van der Waals surface area contributed by atoms with E-state index in [0.29, 0.717) is 6.04 Å². The first-order valence-electron chi connectivity index (χ1n) is 8.63. The summed E-state index contributed by atoms with van der Waals surface area (Å²) in [5, 5.41) is 3.19. The molecule has 0 atom stereocenters. The Kier molecular flexibility index (Phi) is 3.33. The minimum atomic E-state index is 0.0761. The lowest BCUT2D eigenvalue weighted by molar-refractivity contribution is 0.0949. The second-order valence-corrected chi connectivity index (χ2v) is 7.22. The SMILES string of the molecule is Cc1cc(C(=O)NCC2(c3ccccc3)CC2)c(C)n1C1CC1. The minimum Gasteiger partial charge on any atom is -0.351 e. The van der Waals surface area contributed by atoms with Crippen molar-refractivity contribution >= 4 is 5.91 Å². The van der Waals surface area contributed by atoms with Gasteiger partial charge in [0.1, 0.15) is 0 Å². The number of amides is 1. The third kappa shape index (κ3) is 2.58. The first-order valence-corrected chi connectivity index (χ1v) is 8.63. The van der Waals surface area contributed by atoms with Gasteiger partial charge in [-0.1, -0.05) is 30.3 Å². The molecule has 2 saturated carbocycles. The van der Waals surface area contributed by atoms with Gasteiger partial charge in [-0.05, 0) is 51.2 Å². The van der Waals surface area contributed by atoms with Gasteiger partial charge >= 0.3 is 0 Å². The van der Waals surface area contributed by atoms with Crippen LogP contribution in [0.4, 0.5) is 0 Å². The zero-order valence-electron chi connectivity index (χ0n) is 13.9. The van der Waals surface area contributed by atoms with Crippen LogP contribution < -0.4 is 5.32 Å². The number of hydrogen-bond acceptors (Lipinski definition) is 1. The molecule has 2 fully saturated rings. The van der Waals surface area contributed by atoms with Crippen LogP contribution in [-0.4, -0.2) is 17.0 Å². The Bertz CT molecular complexity index is 737. The Labute approximate surface area is 137 Å². The highest BCUT2D eigenvalue weighted by Crippen LogP contribution is 2.47. The summed E-state index contributed by atoms with van der Waals surface area (Å²) in [7, 11) is 0. The molecule has 23 heavy (non-hydrogen) atoms. The smallest absolute Gasteiger partial charge is 0.253 e. The number of aromatic nitrogens is 1. The Morgan fingerprint density at radius 3 is 2.52 bits per heavy atom. The fourth-order valence-electron chi connectivity index (χ4n) is 3.76. The van der Waals surface area contributed by atoms with Crippen LogP contribution >= 0.6 is 0 Å². The number of carbonyl (C=O) groups excluding carboxylic acids is 1. The quantitative estimate of drug-likeness (QED) is 0.893. The normalized spacial score (nSPS) is 18.7. The van der Waals surface area contributed by atoms with Gasteiger partial charge < -0.3 is 9.88 Å². The average molecular weight is 308 g/mol. The first-order chi connectivity index (χ1) is 11.1. The zero-order valence-corrected chi connectivity index (χ0v) is 13.9. The van der Waals surface area contributed by atoms with Crippen LogP contribution in [0.2, 0.25) is 0 Å². The summed E-state index contributed by atoms with van der Waals surface area (Å²) in [6.45, 7) is 4.92. The van der Waals surface area contributed by atoms with Crippen molar-refractivity contribution in [1.82, 2.24) is 9.88 Å². The second-order valence-electron chi connectivity index (χ2n) is 7.22. The first kappa shape index (κ1) is 14.6. The molecule has 3 nitrogen and oxygen atoms in total. The van der Waals surface area contributed by atoms with Gasteiger partial charge in [-0.2, -0.15) is 0 Å². The molecule has 0 spiro atoms. The predicted octanol–water partition coefficient (Wildman–Crippen LogP) is 3.90. The van der Waals surface area contributed by atoms with Gasteiger partial charge in [-0.25, -0.2) is 0 Å². The van der Waals surface area contributed by atoms with E-state index in [-0.39, 0.29) is 11.3 Å². The van der Waals surface area contributed by atoms with E-state index in [2.05, 4.69) is 48.0 Å². The molecule has 1 aromatic heterocycles. The van der Waals surface area contributed by atoms with E-state index in [1.165, 1.54) is 36.9 Å². The Morgan fingerprint density at radius 2 is 1.91 bits per heavy atom. The van der Waals surface area contributed by atoms with E-state index in [0.717, 1.165) is 17.8 Å². The number of benzene rings is 1. The van der Waals surface area contributed by atoms with Gasteiger partial charge in [0.05, 0.1) is 5.56 Å². The van der Waals surface area contributed by atoms with Gasteiger partial charge in [-0.15, -0.1) is 0 Å². The Balaban J connectivity index is 1.48. The van der Waals surface area contributed by atoms with E-state index in [4.69, 9.17) is 0 Å².